The van der Waals surface area contributed by atoms with E-state index in [4.69, 9.17) is 0 Å². The molecule has 1 aromatic heterocycles. The van der Waals surface area contributed by atoms with Gasteiger partial charge in [0.25, 0.3) is 5.91 Å². The first-order chi connectivity index (χ1) is 8.20. The van der Waals surface area contributed by atoms with Gasteiger partial charge in [-0.05, 0) is 0 Å². The third kappa shape index (κ3) is 2.59. The minimum Gasteiger partial charge on any atom is -0.468 e. The Balaban J connectivity index is 1.90. The van der Waals surface area contributed by atoms with Gasteiger partial charge < -0.3 is 15.4 Å². The average molecular weight is 239 g/mol. The lowest BCUT2D eigenvalue weighted by Crippen LogP contribution is -2.43. The predicted molar refractivity (Wildman–Crippen MR) is 56.3 cm³/mol. The van der Waals surface area contributed by atoms with E-state index in [0.29, 0.717) is 0 Å². The van der Waals surface area contributed by atoms with Crippen molar-refractivity contribution in [3.8, 4) is 0 Å². The Morgan fingerprint density at radius 2 is 2.41 bits per heavy atom. The van der Waals surface area contributed by atoms with Gasteiger partial charge in [0, 0.05) is 13.1 Å². The fraction of sp³-hybridized carbons (Fsp3) is 0.556. The molecule has 0 radical (unpaired) electrons. The molecule has 0 atom stereocenters. The number of nitrogens with zero attached hydrogens (tertiary/aromatic N) is 3. The van der Waals surface area contributed by atoms with Crippen LogP contribution in [0.15, 0.2) is 6.20 Å². The van der Waals surface area contributed by atoms with Crippen LogP contribution < -0.4 is 10.6 Å². The molecule has 1 aliphatic heterocycles. The van der Waals surface area contributed by atoms with E-state index in [0.717, 1.165) is 13.1 Å². The number of ether oxygens (including phenoxy) is 1. The van der Waals surface area contributed by atoms with Crippen molar-refractivity contribution in [2.45, 2.75) is 6.04 Å². The first-order valence-corrected chi connectivity index (χ1v) is 5.18. The van der Waals surface area contributed by atoms with Crippen molar-refractivity contribution < 1.29 is 14.3 Å². The highest BCUT2D eigenvalue weighted by Gasteiger charge is 2.21. The number of carbonyl (C=O) groups excluding carboxylic acids is 2. The van der Waals surface area contributed by atoms with E-state index in [-0.39, 0.29) is 18.3 Å². The van der Waals surface area contributed by atoms with Crippen LogP contribution in [0.25, 0.3) is 0 Å². The molecule has 0 unspecified atom stereocenters. The van der Waals surface area contributed by atoms with Crippen LogP contribution in [0.3, 0.4) is 0 Å². The van der Waals surface area contributed by atoms with Crippen molar-refractivity contribution >= 4 is 11.9 Å². The number of carbonyl (C=O) groups is 2. The third-order valence-electron chi connectivity index (χ3n) is 2.50. The molecule has 8 nitrogen and oxygen atoms in total. The van der Waals surface area contributed by atoms with Gasteiger partial charge in [0.2, 0.25) is 0 Å². The van der Waals surface area contributed by atoms with Crippen molar-refractivity contribution in [2.24, 2.45) is 0 Å². The van der Waals surface area contributed by atoms with Crippen LogP contribution in [0.2, 0.25) is 0 Å². The molecular weight excluding hydrogens is 226 g/mol. The molecule has 17 heavy (non-hydrogen) atoms. The van der Waals surface area contributed by atoms with Crippen LogP contribution in [-0.2, 0) is 9.53 Å². The minimum atomic E-state index is -0.506. The summed E-state index contributed by atoms with van der Waals surface area (Å²) < 4.78 is 6.05. The molecule has 0 aliphatic carbocycles. The highest BCUT2D eigenvalue weighted by molar-refractivity contribution is 5.93. The van der Waals surface area contributed by atoms with E-state index in [2.05, 4.69) is 25.7 Å². The number of hydrogen-bond donors (Lipinski definition) is 2. The second-order valence-corrected chi connectivity index (χ2v) is 3.65. The Morgan fingerprint density at radius 1 is 1.65 bits per heavy atom. The number of aromatic nitrogens is 3. The standard InChI is InChI=1S/C9H13N5O3/c1-17-8(15)4-11-9(16)7-5-14(13-12-7)6-2-10-3-6/h5-6,10H,2-4H2,1H3,(H,11,16). The molecule has 2 N–H and O–H groups in total. The summed E-state index contributed by atoms with van der Waals surface area (Å²) >= 11 is 0. The number of methoxy groups -OCH3 is 1. The average Bonchev–Trinajstić information content (AvgIpc) is 2.72. The Labute approximate surface area is 97.3 Å². The highest BCUT2D eigenvalue weighted by atomic mass is 16.5. The Bertz CT molecular complexity index is 426. The molecule has 0 bridgehead atoms. The first-order valence-electron chi connectivity index (χ1n) is 5.18. The molecule has 1 amide bonds. The van der Waals surface area contributed by atoms with E-state index < -0.39 is 11.9 Å². The summed E-state index contributed by atoms with van der Waals surface area (Å²) in [5.74, 6) is -0.942. The Hall–Kier alpha value is -1.96. The molecule has 1 aliphatic rings. The van der Waals surface area contributed by atoms with Gasteiger partial charge in [0.05, 0.1) is 19.3 Å². The lowest BCUT2D eigenvalue weighted by atomic mass is 10.2. The molecule has 0 saturated carbocycles. The first kappa shape index (κ1) is 11.5. The maximum Gasteiger partial charge on any atom is 0.325 e. The number of esters is 1. The summed E-state index contributed by atoms with van der Waals surface area (Å²) in [6, 6.07) is 0.254. The Morgan fingerprint density at radius 3 is 3.00 bits per heavy atom. The fourth-order valence-electron chi connectivity index (χ4n) is 1.33. The third-order valence-corrected chi connectivity index (χ3v) is 2.50. The zero-order chi connectivity index (χ0) is 12.3. The largest absolute Gasteiger partial charge is 0.468 e. The molecule has 2 rings (SSSR count). The fourth-order valence-corrected chi connectivity index (χ4v) is 1.33. The molecule has 92 valence electrons. The van der Waals surface area contributed by atoms with E-state index >= 15 is 0 Å². The van der Waals surface area contributed by atoms with E-state index in [1.54, 1.807) is 10.9 Å². The Kier molecular flexibility index (Phi) is 3.33. The highest BCUT2D eigenvalue weighted by Crippen LogP contribution is 2.09. The maximum absolute atomic E-state index is 11.6. The van der Waals surface area contributed by atoms with Gasteiger partial charge in [-0.3, -0.25) is 9.59 Å². The molecule has 2 heterocycles. The van der Waals surface area contributed by atoms with Crippen LogP contribution in [0.5, 0.6) is 0 Å². The molecule has 0 spiro atoms. The number of hydrogen-bond acceptors (Lipinski definition) is 6. The van der Waals surface area contributed by atoms with Crippen molar-refractivity contribution in [3.05, 3.63) is 11.9 Å². The zero-order valence-corrected chi connectivity index (χ0v) is 9.34. The summed E-state index contributed by atoms with van der Waals surface area (Å²) in [4.78, 5) is 22.4. The van der Waals surface area contributed by atoms with Gasteiger partial charge >= 0.3 is 5.97 Å². The van der Waals surface area contributed by atoms with Gasteiger partial charge in [-0.1, -0.05) is 5.21 Å². The summed E-state index contributed by atoms with van der Waals surface area (Å²) in [6.07, 6.45) is 1.57. The van der Waals surface area contributed by atoms with Gasteiger partial charge in [-0.2, -0.15) is 0 Å². The number of rotatable bonds is 4. The van der Waals surface area contributed by atoms with Crippen LogP contribution >= 0.6 is 0 Å². The smallest absolute Gasteiger partial charge is 0.325 e. The summed E-state index contributed by atoms with van der Waals surface area (Å²) in [5.41, 5.74) is 0.195. The van der Waals surface area contributed by atoms with Crippen molar-refractivity contribution in [1.82, 2.24) is 25.6 Å². The summed E-state index contributed by atoms with van der Waals surface area (Å²) in [6.45, 7) is 1.48. The lowest BCUT2D eigenvalue weighted by molar-refractivity contribution is -0.139. The monoisotopic (exact) mass is 239 g/mol. The van der Waals surface area contributed by atoms with Crippen molar-refractivity contribution in [1.29, 1.82) is 0 Å². The summed E-state index contributed by atoms with van der Waals surface area (Å²) in [7, 11) is 1.26. The maximum atomic E-state index is 11.6. The van der Waals surface area contributed by atoms with E-state index in [1.165, 1.54) is 7.11 Å². The SMILES string of the molecule is COC(=O)CNC(=O)c1cn(C2CNC2)nn1. The number of nitrogens with one attached hydrogen (secondary N) is 2. The molecular formula is C9H13N5O3. The molecule has 0 aromatic carbocycles. The molecule has 1 saturated heterocycles. The van der Waals surface area contributed by atoms with Crippen LogP contribution in [0.1, 0.15) is 16.5 Å². The second-order valence-electron chi connectivity index (χ2n) is 3.65. The van der Waals surface area contributed by atoms with Gasteiger partial charge in [0.15, 0.2) is 5.69 Å². The lowest BCUT2D eigenvalue weighted by Gasteiger charge is -2.26. The predicted octanol–water partition coefficient (Wildman–Crippen LogP) is -1.67. The zero-order valence-electron chi connectivity index (χ0n) is 9.34. The molecule has 1 aromatic rings. The van der Waals surface area contributed by atoms with Crippen LogP contribution in [0.4, 0.5) is 0 Å². The minimum absolute atomic E-state index is 0.173. The second kappa shape index (κ2) is 4.91. The molecule has 8 heteroatoms. The van der Waals surface area contributed by atoms with Crippen LogP contribution in [-0.4, -0.2) is 53.6 Å². The van der Waals surface area contributed by atoms with Gasteiger partial charge in [-0.25, -0.2) is 4.68 Å². The van der Waals surface area contributed by atoms with Crippen molar-refractivity contribution in [2.75, 3.05) is 26.7 Å². The topological polar surface area (TPSA) is 98.1 Å². The normalized spacial score (nSPS) is 15.1. The number of amides is 1. The van der Waals surface area contributed by atoms with Crippen molar-refractivity contribution in [3.63, 3.8) is 0 Å². The van der Waals surface area contributed by atoms with E-state index in [1.807, 2.05) is 0 Å². The molecule has 1 fully saturated rings. The summed E-state index contributed by atoms with van der Waals surface area (Å²) in [5, 5.41) is 13.1. The van der Waals surface area contributed by atoms with Gasteiger partial charge in [0.1, 0.15) is 6.54 Å². The quantitative estimate of drug-likeness (QED) is 0.609. The van der Waals surface area contributed by atoms with Gasteiger partial charge in [-0.15, -0.1) is 5.10 Å². The van der Waals surface area contributed by atoms with E-state index in [9.17, 15) is 9.59 Å². The van der Waals surface area contributed by atoms with Crippen LogP contribution in [0, 0.1) is 0 Å².